The van der Waals surface area contributed by atoms with Gasteiger partial charge < -0.3 is 0 Å². The van der Waals surface area contributed by atoms with Gasteiger partial charge in [0, 0.05) is 0 Å². The van der Waals surface area contributed by atoms with Gasteiger partial charge in [0.15, 0.2) is 0 Å². The van der Waals surface area contributed by atoms with Crippen molar-refractivity contribution in [2.24, 2.45) is 0 Å². The van der Waals surface area contributed by atoms with E-state index in [-0.39, 0.29) is 11.0 Å². The second-order valence-corrected chi connectivity index (χ2v) is 1.79. The molecule has 0 nitrogen and oxygen atoms in total. The molecule has 23 valence electrons. The summed E-state index contributed by atoms with van der Waals surface area (Å²) in [5.41, 5.74) is 0. The second kappa shape index (κ2) is 9.11. The summed E-state index contributed by atoms with van der Waals surface area (Å²) < 4.78 is 1.89. The minimum Gasteiger partial charge on any atom is -0.0149 e. The van der Waals surface area contributed by atoms with E-state index in [1.165, 1.54) is 0 Å². The van der Waals surface area contributed by atoms with Gasteiger partial charge in [-0.25, -0.2) is 0 Å². The Labute approximate surface area is 47.0 Å². The van der Waals surface area contributed by atoms with Gasteiger partial charge in [0.25, 0.3) is 0 Å². The Balaban J connectivity index is 0. The molecule has 0 bridgehead atoms. The maximum Gasteiger partial charge on any atom is -0.0149 e. The fourth-order valence-electron chi connectivity index (χ4n) is 0. The average molecular weight is 266 g/mol. The number of rotatable bonds is 0. The van der Waals surface area contributed by atoms with Gasteiger partial charge in [0.05, 0.1) is 0 Å². The van der Waals surface area contributed by atoms with Gasteiger partial charge in [-0.1, -0.05) is 0 Å². The van der Waals surface area contributed by atoms with Crippen LogP contribution in [-0.2, 0) is 0 Å². The first-order valence-electron chi connectivity index (χ1n) is 0.697. The molecular formula is C2H7PbSi. The number of hydrogen-bond acceptors (Lipinski definition) is 0. The van der Waals surface area contributed by atoms with Crippen molar-refractivity contribution in [3.05, 3.63) is 10.2 Å². The first-order valence-corrected chi connectivity index (χ1v) is 2.94. The molecule has 0 aliphatic rings. The predicted octanol–water partition coefficient (Wildman–Crippen LogP) is -1.15. The fraction of sp³-hybridized carbons (Fsp3) is 0. The van der Waals surface area contributed by atoms with Gasteiger partial charge in [-0.2, -0.15) is 0 Å². The van der Waals surface area contributed by atoms with Crippen molar-refractivity contribution in [1.29, 1.82) is 0 Å². The molecule has 0 amide bonds. The van der Waals surface area contributed by atoms with Crippen molar-refractivity contribution in [2.45, 2.75) is 0 Å². The molecule has 0 N–H and O–H groups in total. The van der Waals surface area contributed by atoms with E-state index in [0.29, 0.717) is 0 Å². The molecule has 0 unspecified atom stereocenters. The van der Waals surface area contributed by atoms with Crippen LogP contribution in [0.2, 0.25) is 0 Å². The van der Waals surface area contributed by atoms with Crippen molar-refractivity contribution < 1.29 is 0 Å². The quantitative estimate of drug-likeness (QED) is 0.486. The van der Waals surface area contributed by atoms with E-state index < -0.39 is 0 Å². The SMILES string of the molecule is C=[CH][Pb].[SiH4]. The first kappa shape index (κ1) is 8.86. The Bertz CT molecular complexity index is 13.5. The molecule has 0 saturated carbocycles. The van der Waals surface area contributed by atoms with Crippen molar-refractivity contribution in [2.75, 3.05) is 0 Å². The van der Waals surface area contributed by atoms with Crippen molar-refractivity contribution in [3.63, 3.8) is 0 Å². The number of hydrogen-bond donors (Lipinski definition) is 0. The second-order valence-electron chi connectivity index (χ2n) is 0.204. The zero-order chi connectivity index (χ0) is 2.71. The van der Waals surface area contributed by atoms with E-state index in [9.17, 15) is 0 Å². The van der Waals surface area contributed by atoms with Crippen LogP contribution < -0.4 is 0 Å². The maximum absolute atomic E-state index is 3.42. The van der Waals surface area contributed by atoms with Crippen LogP contribution in [-0.4, -0.2) is 36.7 Å². The largest absolute Gasteiger partial charge is 0.0149 e. The van der Waals surface area contributed by atoms with Crippen molar-refractivity contribution in [3.8, 4) is 0 Å². The Morgan fingerprint density at radius 2 is 1.75 bits per heavy atom. The fourth-order valence-corrected chi connectivity index (χ4v) is 0. The minimum absolute atomic E-state index is 0. The molecule has 0 aromatic heterocycles. The molecule has 2 heteroatoms. The predicted molar refractivity (Wildman–Crippen MR) is 27.3 cm³/mol. The summed E-state index contributed by atoms with van der Waals surface area (Å²) in [4.78, 5) is 0. The Morgan fingerprint density at radius 1 is 1.75 bits per heavy atom. The molecule has 0 atom stereocenters. The van der Waals surface area contributed by atoms with E-state index in [2.05, 4.69) is 6.58 Å². The molecular weight excluding hydrogens is 259 g/mol. The van der Waals surface area contributed by atoms with Gasteiger partial charge in [-0.15, -0.1) is 0 Å². The van der Waals surface area contributed by atoms with Gasteiger partial charge >= 0.3 is 36.0 Å². The normalized spacial score (nSPS) is 3.25. The van der Waals surface area contributed by atoms with Gasteiger partial charge in [0.2, 0.25) is 0 Å². The van der Waals surface area contributed by atoms with Crippen LogP contribution in [0.15, 0.2) is 10.2 Å². The zero-order valence-corrected chi connectivity index (χ0v) is 5.67. The van der Waals surface area contributed by atoms with E-state index in [1.54, 1.807) is 0 Å². The van der Waals surface area contributed by atoms with Crippen LogP contribution in [0.3, 0.4) is 0 Å². The van der Waals surface area contributed by atoms with Crippen LogP contribution in [0, 0.1) is 0 Å². The first-order chi connectivity index (χ1) is 1.41. The molecule has 0 aromatic rings. The monoisotopic (exact) mass is 267 g/mol. The summed E-state index contributed by atoms with van der Waals surface area (Å²) in [7, 11) is 0. The standard InChI is InChI=1S/C2H3.Pb.H4Si/c1-2;;/h1H,2H2;;1H4. The van der Waals surface area contributed by atoms with Gasteiger partial charge in [-0.05, 0) is 11.0 Å². The van der Waals surface area contributed by atoms with Crippen LogP contribution >= 0.6 is 0 Å². The summed E-state index contributed by atoms with van der Waals surface area (Å²) >= 11 is 1.13. The summed E-state index contributed by atoms with van der Waals surface area (Å²) in [6.07, 6.45) is 0. The molecule has 0 saturated heterocycles. The van der Waals surface area contributed by atoms with Crippen LogP contribution in [0.4, 0.5) is 0 Å². The molecule has 0 rings (SSSR count). The molecule has 0 aliphatic carbocycles. The van der Waals surface area contributed by atoms with E-state index in [0.717, 1.165) is 25.8 Å². The molecule has 0 aliphatic heterocycles. The third kappa shape index (κ3) is 13.2. The smallest absolute Gasteiger partial charge is 0.0149 e. The summed E-state index contributed by atoms with van der Waals surface area (Å²) in [6.45, 7) is 3.42. The van der Waals surface area contributed by atoms with Crippen molar-refractivity contribution in [1.82, 2.24) is 0 Å². The minimum atomic E-state index is 0. The third-order valence-electron chi connectivity index (χ3n) is 0. The average Bonchev–Trinajstić information content (AvgIpc) is 0.918. The van der Waals surface area contributed by atoms with Gasteiger partial charge in [0.1, 0.15) is 0 Å². The summed E-state index contributed by atoms with van der Waals surface area (Å²) in [5.74, 6) is 0. The molecule has 0 heterocycles. The van der Waals surface area contributed by atoms with E-state index in [4.69, 9.17) is 0 Å². The molecule has 0 fully saturated rings. The Kier molecular flexibility index (Phi) is 20.2. The van der Waals surface area contributed by atoms with E-state index >= 15 is 0 Å². The molecule has 3 radical (unpaired) electrons. The molecule has 0 spiro atoms. The third-order valence-corrected chi connectivity index (χ3v) is 0. The topological polar surface area (TPSA) is 0 Å². The maximum atomic E-state index is 3.42. The Hall–Kier alpha value is 0.879. The van der Waals surface area contributed by atoms with Crippen LogP contribution in [0.25, 0.3) is 0 Å². The van der Waals surface area contributed by atoms with Crippen LogP contribution in [0.1, 0.15) is 0 Å². The van der Waals surface area contributed by atoms with Gasteiger partial charge in [-0.3, -0.25) is 0 Å². The Morgan fingerprint density at radius 3 is 1.75 bits per heavy atom. The van der Waals surface area contributed by atoms with Crippen molar-refractivity contribution >= 4 is 36.7 Å². The van der Waals surface area contributed by atoms with E-state index in [1.807, 2.05) is 3.64 Å². The summed E-state index contributed by atoms with van der Waals surface area (Å²) in [6, 6.07) is 0. The zero-order valence-electron chi connectivity index (χ0n) is 1.78. The molecule has 0 aromatic carbocycles. The summed E-state index contributed by atoms with van der Waals surface area (Å²) in [5, 5.41) is 0. The van der Waals surface area contributed by atoms with Crippen LogP contribution in [0.5, 0.6) is 0 Å². The molecule has 4 heavy (non-hydrogen) atoms.